The van der Waals surface area contributed by atoms with Gasteiger partial charge in [0.1, 0.15) is 5.01 Å². The van der Waals surface area contributed by atoms with Crippen LogP contribution in [0.25, 0.3) is 0 Å². The minimum absolute atomic E-state index is 0.509. The van der Waals surface area contributed by atoms with Crippen molar-refractivity contribution in [3.05, 3.63) is 16.1 Å². The van der Waals surface area contributed by atoms with E-state index in [1.54, 1.807) is 11.3 Å². The van der Waals surface area contributed by atoms with Gasteiger partial charge in [-0.1, -0.05) is 19.8 Å². The Hall–Kier alpha value is -0.120. The SMILES string of the molecule is CCC(c1nc(CCl)cs1)N1CCCCCC1. The normalized spacial score (nSPS) is 20.1. The van der Waals surface area contributed by atoms with Crippen LogP contribution in [0.15, 0.2) is 5.38 Å². The molecule has 0 N–H and O–H groups in total. The van der Waals surface area contributed by atoms with E-state index in [1.165, 1.54) is 43.8 Å². The van der Waals surface area contributed by atoms with Gasteiger partial charge in [0, 0.05) is 5.38 Å². The fraction of sp³-hybridized carbons (Fsp3) is 0.769. The molecular formula is C13H21ClN2S. The second-order valence-corrected chi connectivity index (χ2v) is 5.84. The lowest BCUT2D eigenvalue weighted by Gasteiger charge is -2.28. The molecule has 2 rings (SSSR count). The van der Waals surface area contributed by atoms with E-state index in [-0.39, 0.29) is 0 Å². The second-order valence-electron chi connectivity index (χ2n) is 4.68. The van der Waals surface area contributed by atoms with E-state index in [2.05, 4.69) is 22.2 Å². The summed E-state index contributed by atoms with van der Waals surface area (Å²) in [4.78, 5) is 7.27. The fourth-order valence-electron chi connectivity index (χ4n) is 2.53. The third-order valence-electron chi connectivity index (χ3n) is 3.46. The van der Waals surface area contributed by atoms with Crippen LogP contribution < -0.4 is 0 Å². The molecule has 1 fully saturated rings. The van der Waals surface area contributed by atoms with Crippen LogP contribution in [0.4, 0.5) is 0 Å². The van der Waals surface area contributed by atoms with Gasteiger partial charge in [0.2, 0.25) is 0 Å². The molecule has 1 atom stereocenters. The van der Waals surface area contributed by atoms with Crippen molar-refractivity contribution in [3.63, 3.8) is 0 Å². The van der Waals surface area contributed by atoms with E-state index < -0.39 is 0 Å². The number of halogens is 1. The van der Waals surface area contributed by atoms with E-state index in [9.17, 15) is 0 Å². The number of alkyl halides is 1. The highest BCUT2D eigenvalue weighted by Crippen LogP contribution is 2.29. The summed E-state index contributed by atoms with van der Waals surface area (Å²) in [6.07, 6.45) is 6.60. The van der Waals surface area contributed by atoms with Crippen LogP contribution in [0.3, 0.4) is 0 Å². The fourth-order valence-corrected chi connectivity index (χ4v) is 3.80. The Labute approximate surface area is 113 Å². The summed E-state index contributed by atoms with van der Waals surface area (Å²) in [5.41, 5.74) is 1.03. The summed E-state index contributed by atoms with van der Waals surface area (Å²) in [6.45, 7) is 4.72. The molecule has 0 radical (unpaired) electrons. The lowest BCUT2D eigenvalue weighted by Crippen LogP contribution is -2.29. The molecule has 0 amide bonds. The second kappa shape index (κ2) is 6.72. The summed E-state index contributed by atoms with van der Waals surface area (Å²) in [7, 11) is 0. The highest BCUT2D eigenvalue weighted by Gasteiger charge is 2.22. The molecule has 0 aliphatic carbocycles. The Morgan fingerprint density at radius 1 is 1.35 bits per heavy atom. The zero-order valence-electron chi connectivity index (χ0n) is 10.5. The average molecular weight is 273 g/mol. The van der Waals surface area contributed by atoms with Crippen molar-refractivity contribution in [3.8, 4) is 0 Å². The van der Waals surface area contributed by atoms with Crippen LogP contribution in [0, 0.1) is 0 Å². The molecule has 0 spiro atoms. The zero-order valence-corrected chi connectivity index (χ0v) is 12.1. The van der Waals surface area contributed by atoms with Crippen LogP contribution in [0.5, 0.6) is 0 Å². The maximum Gasteiger partial charge on any atom is 0.110 e. The lowest BCUT2D eigenvalue weighted by atomic mass is 10.2. The van der Waals surface area contributed by atoms with Crippen molar-refractivity contribution in [2.24, 2.45) is 0 Å². The highest BCUT2D eigenvalue weighted by molar-refractivity contribution is 7.09. The lowest BCUT2D eigenvalue weighted by molar-refractivity contribution is 0.199. The van der Waals surface area contributed by atoms with E-state index in [1.807, 2.05) is 0 Å². The molecule has 2 heterocycles. The third kappa shape index (κ3) is 3.43. The van der Waals surface area contributed by atoms with Crippen LogP contribution in [0.1, 0.15) is 55.8 Å². The van der Waals surface area contributed by atoms with E-state index in [0.717, 1.165) is 12.1 Å². The molecular weight excluding hydrogens is 252 g/mol. The predicted octanol–water partition coefficient (Wildman–Crippen LogP) is 4.21. The van der Waals surface area contributed by atoms with Gasteiger partial charge in [0.15, 0.2) is 0 Å². The number of aromatic nitrogens is 1. The minimum atomic E-state index is 0.509. The smallest absolute Gasteiger partial charge is 0.110 e. The number of likely N-dealkylation sites (tertiary alicyclic amines) is 1. The first-order valence-corrected chi connectivity index (χ1v) is 8.01. The van der Waals surface area contributed by atoms with Crippen LogP contribution in [-0.4, -0.2) is 23.0 Å². The van der Waals surface area contributed by atoms with Crippen molar-refractivity contribution < 1.29 is 0 Å². The molecule has 2 nitrogen and oxygen atoms in total. The molecule has 1 aromatic heterocycles. The Bertz CT molecular complexity index is 332. The molecule has 1 aliphatic heterocycles. The molecule has 1 aromatic rings. The zero-order chi connectivity index (χ0) is 12.1. The van der Waals surface area contributed by atoms with Gasteiger partial charge in [-0.2, -0.15) is 0 Å². The van der Waals surface area contributed by atoms with Gasteiger partial charge in [-0.3, -0.25) is 4.90 Å². The molecule has 17 heavy (non-hydrogen) atoms. The van der Waals surface area contributed by atoms with Gasteiger partial charge < -0.3 is 0 Å². The molecule has 1 unspecified atom stereocenters. The molecule has 1 saturated heterocycles. The first kappa shape index (κ1) is 13.3. The maximum absolute atomic E-state index is 5.83. The van der Waals surface area contributed by atoms with Crippen LogP contribution in [0.2, 0.25) is 0 Å². The van der Waals surface area contributed by atoms with E-state index in [4.69, 9.17) is 11.6 Å². The van der Waals surface area contributed by atoms with Gasteiger partial charge in [-0.25, -0.2) is 4.98 Å². The van der Waals surface area contributed by atoms with Gasteiger partial charge >= 0.3 is 0 Å². The first-order chi connectivity index (χ1) is 8.35. The van der Waals surface area contributed by atoms with E-state index in [0.29, 0.717) is 11.9 Å². The Kier molecular flexibility index (Phi) is 5.26. The first-order valence-electron chi connectivity index (χ1n) is 6.59. The van der Waals surface area contributed by atoms with Crippen LogP contribution >= 0.6 is 22.9 Å². The summed E-state index contributed by atoms with van der Waals surface area (Å²) in [5.74, 6) is 0.535. The van der Waals surface area contributed by atoms with E-state index >= 15 is 0 Å². The number of hydrogen-bond acceptors (Lipinski definition) is 3. The number of thiazole rings is 1. The average Bonchev–Trinajstić information content (AvgIpc) is 2.66. The van der Waals surface area contributed by atoms with Gasteiger partial charge in [-0.15, -0.1) is 22.9 Å². The van der Waals surface area contributed by atoms with Crippen molar-refractivity contribution >= 4 is 22.9 Å². The van der Waals surface area contributed by atoms with Crippen molar-refractivity contribution in [2.45, 2.75) is 50.9 Å². The van der Waals surface area contributed by atoms with Crippen molar-refractivity contribution in [2.75, 3.05) is 13.1 Å². The molecule has 0 aromatic carbocycles. The minimum Gasteiger partial charge on any atom is -0.294 e. The monoisotopic (exact) mass is 272 g/mol. The number of hydrogen-bond donors (Lipinski definition) is 0. The Morgan fingerprint density at radius 3 is 2.59 bits per heavy atom. The van der Waals surface area contributed by atoms with Gasteiger partial charge in [0.05, 0.1) is 17.6 Å². The maximum atomic E-state index is 5.83. The molecule has 4 heteroatoms. The summed E-state index contributed by atoms with van der Waals surface area (Å²) in [6, 6.07) is 0.509. The summed E-state index contributed by atoms with van der Waals surface area (Å²) < 4.78 is 0. The molecule has 0 bridgehead atoms. The number of rotatable bonds is 4. The highest BCUT2D eigenvalue weighted by atomic mass is 35.5. The molecule has 0 saturated carbocycles. The van der Waals surface area contributed by atoms with Crippen LogP contribution in [-0.2, 0) is 5.88 Å². The largest absolute Gasteiger partial charge is 0.294 e. The van der Waals surface area contributed by atoms with Crippen molar-refractivity contribution in [1.82, 2.24) is 9.88 Å². The predicted molar refractivity (Wildman–Crippen MR) is 74.7 cm³/mol. The summed E-state index contributed by atoms with van der Waals surface area (Å²) in [5, 5.41) is 3.35. The Balaban J connectivity index is 2.08. The van der Waals surface area contributed by atoms with Gasteiger partial charge in [0.25, 0.3) is 0 Å². The molecule has 1 aliphatic rings. The Morgan fingerprint density at radius 2 is 2.06 bits per heavy atom. The molecule has 96 valence electrons. The quantitative estimate of drug-likeness (QED) is 0.764. The van der Waals surface area contributed by atoms with Gasteiger partial charge in [-0.05, 0) is 32.4 Å². The topological polar surface area (TPSA) is 16.1 Å². The van der Waals surface area contributed by atoms with Crippen molar-refractivity contribution in [1.29, 1.82) is 0 Å². The third-order valence-corrected chi connectivity index (χ3v) is 4.73. The standard InChI is InChI=1S/C13H21ClN2S/c1-2-12(13-15-11(9-14)10-17-13)16-7-5-3-4-6-8-16/h10,12H,2-9H2,1H3. The number of nitrogens with zero attached hydrogens (tertiary/aromatic N) is 2. The summed E-state index contributed by atoms with van der Waals surface area (Å²) >= 11 is 7.60.